The van der Waals surface area contributed by atoms with Crippen LogP contribution < -0.4 is 0 Å². The molecular formula is C74H110NO8+. The first-order valence-electron chi connectivity index (χ1n) is 30.9. The molecule has 0 spiro atoms. The second-order valence-corrected chi connectivity index (χ2v) is 20.5. The molecule has 0 aliphatic heterocycles. The van der Waals surface area contributed by atoms with E-state index in [0.717, 1.165) is 128 Å². The molecule has 1 N–H and O–H groups in total. The molecular weight excluding hydrogens is 1030 g/mol. The Morgan fingerprint density at radius 1 is 0.361 bits per heavy atom. The molecule has 0 radical (unpaired) electrons. The zero-order valence-corrected chi connectivity index (χ0v) is 52.0. The number of hydrogen-bond donors (Lipinski definition) is 1. The van der Waals surface area contributed by atoms with E-state index < -0.39 is 30.3 Å². The van der Waals surface area contributed by atoms with E-state index in [1.165, 1.54) is 0 Å². The van der Waals surface area contributed by atoms with Crippen molar-refractivity contribution in [3.63, 3.8) is 0 Å². The van der Waals surface area contributed by atoms with Crippen molar-refractivity contribution in [3.05, 3.63) is 219 Å². The molecule has 0 saturated carbocycles. The summed E-state index contributed by atoms with van der Waals surface area (Å²) in [6.45, 7) is 4.46. The van der Waals surface area contributed by atoms with E-state index in [4.69, 9.17) is 18.9 Å². The molecule has 9 nitrogen and oxygen atoms in total. The van der Waals surface area contributed by atoms with Gasteiger partial charge in [0.25, 0.3) is 6.29 Å². The molecule has 0 heterocycles. The van der Waals surface area contributed by atoms with Gasteiger partial charge in [-0.1, -0.05) is 233 Å². The Balaban J connectivity index is 4.41. The first-order valence-corrected chi connectivity index (χ1v) is 30.9. The van der Waals surface area contributed by atoms with Gasteiger partial charge in [-0.15, -0.1) is 0 Å². The third-order valence-corrected chi connectivity index (χ3v) is 11.7. The van der Waals surface area contributed by atoms with E-state index in [2.05, 4.69) is 220 Å². The number of hydrogen-bond acceptors (Lipinski definition) is 7. The summed E-state index contributed by atoms with van der Waals surface area (Å²) in [6.07, 6.45) is 96.2. The summed E-state index contributed by atoms with van der Waals surface area (Å²) in [7, 11) is 5.91. The van der Waals surface area contributed by atoms with Gasteiger partial charge in [0.15, 0.2) is 6.10 Å². The number of ether oxygens (including phenoxy) is 4. The van der Waals surface area contributed by atoms with Crippen molar-refractivity contribution in [2.45, 2.75) is 180 Å². The monoisotopic (exact) mass is 1140 g/mol. The Bertz CT molecular complexity index is 2160. The van der Waals surface area contributed by atoms with Crippen LogP contribution in [0.25, 0.3) is 0 Å². The maximum absolute atomic E-state index is 12.9. The number of carboxylic acids is 1. The lowest BCUT2D eigenvalue weighted by molar-refractivity contribution is -0.870. The van der Waals surface area contributed by atoms with Crippen LogP contribution in [0.15, 0.2) is 219 Å². The fourth-order valence-corrected chi connectivity index (χ4v) is 7.08. The molecule has 0 aliphatic rings. The summed E-state index contributed by atoms with van der Waals surface area (Å²) in [5.41, 5.74) is 0. The molecule has 458 valence electrons. The molecule has 0 aromatic rings. The maximum atomic E-state index is 12.9. The largest absolute Gasteiger partial charge is 0.477 e. The third kappa shape index (κ3) is 63.0. The van der Waals surface area contributed by atoms with E-state index in [-0.39, 0.29) is 32.7 Å². The van der Waals surface area contributed by atoms with E-state index in [0.29, 0.717) is 23.9 Å². The zero-order chi connectivity index (χ0) is 60.5. The van der Waals surface area contributed by atoms with Crippen molar-refractivity contribution in [2.24, 2.45) is 0 Å². The number of unbranched alkanes of at least 4 members (excludes halogenated alkanes) is 2. The number of carboxylic acid groups (broad SMARTS) is 1. The van der Waals surface area contributed by atoms with Crippen LogP contribution in [0.3, 0.4) is 0 Å². The lowest BCUT2D eigenvalue weighted by atomic mass is 10.2. The number of esters is 2. The van der Waals surface area contributed by atoms with Crippen LogP contribution in [0.5, 0.6) is 0 Å². The lowest BCUT2D eigenvalue weighted by Crippen LogP contribution is -2.40. The molecule has 0 aliphatic carbocycles. The highest BCUT2D eigenvalue weighted by Crippen LogP contribution is 2.10. The van der Waals surface area contributed by atoms with Gasteiger partial charge in [0.05, 0.1) is 34.4 Å². The molecule has 0 fully saturated rings. The van der Waals surface area contributed by atoms with Gasteiger partial charge < -0.3 is 28.5 Å². The summed E-state index contributed by atoms with van der Waals surface area (Å²) >= 11 is 0. The Hall–Kier alpha value is -6.39. The van der Waals surface area contributed by atoms with E-state index in [9.17, 15) is 19.5 Å². The number of carbonyl (C=O) groups is 3. The minimum atomic E-state index is -1.55. The average molecular weight is 1140 g/mol. The predicted molar refractivity (Wildman–Crippen MR) is 354 cm³/mol. The number of allylic oxidation sites excluding steroid dienone is 36. The molecule has 2 unspecified atom stereocenters. The molecule has 83 heavy (non-hydrogen) atoms. The first kappa shape index (κ1) is 76.6. The predicted octanol–water partition coefficient (Wildman–Crippen LogP) is 19.0. The minimum Gasteiger partial charge on any atom is -0.477 e. The average Bonchev–Trinajstić information content (AvgIpc) is 3.46. The Kier molecular flexibility index (Phi) is 56.9. The number of rotatable bonds is 53. The Morgan fingerprint density at radius 2 is 0.663 bits per heavy atom. The highest BCUT2D eigenvalue weighted by Gasteiger charge is 2.25. The van der Waals surface area contributed by atoms with Gasteiger partial charge >= 0.3 is 17.9 Å². The van der Waals surface area contributed by atoms with Crippen molar-refractivity contribution in [1.29, 1.82) is 0 Å². The van der Waals surface area contributed by atoms with Crippen molar-refractivity contribution < 1.29 is 42.9 Å². The van der Waals surface area contributed by atoms with Crippen LogP contribution in [0.1, 0.15) is 168 Å². The summed E-state index contributed by atoms with van der Waals surface area (Å²) in [6, 6.07) is 0. The van der Waals surface area contributed by atoms with Gasteiger partial charge in [-0.3, -0.25) is 9.59 Å². The van der Waals surface area contributed by atoms with Crippen molar-refractivity contribution in [2.75, 3.05) is 47.5 Å². The first-order chi connectivity index (χ1) is 40.6. The fourth-order valence-electron chi connectivity index (χ4n) is 7.08. The van der Waals surface area contributed by atoms with Crippen molar-refractivity contribution >= 4 is 17.9 Å². The number of aliphatic carboxylic acids is 1. The molecule has 0 saturated heterocycles. The molecule has 0 aromatic carbocycles. The van der Waals surface area contributed by atoms with Crippen LogP contribution in [-0.4, -0.2) is 87.4 Å². The van der Waals surface area contributed by atoms with Crippen molar-refractivity contribution in [1.82, 2.24) is 0 Å². The topological polar surface area (TPSA) is 108 Å². The third-order valence-electron chi connectivity index (χ3n) is 11.7. The van der Waals surface area contributed by atoms with Gasteiger partial charge in [0, 0.05) is 12.8 Å². The van der Waals surface area contributed by atoms with Crippen molar-refractivity contribution in [3.8, 4) is 0 Å². The van der Waals surface area contributed by atoms with Gasteiger partial charge in [-0.2, -0.15) is 0 Å². The summed E-state index contributed by atoms with van der Waals surface area (Å²) < 4.78 is 22.7. The second kappa shape index (κ2) is 61.7. The highest BCUT2D eigenvalue weighted by molar-refractivity contribution is 5.71. The molecule has 0 aromatic heterocycles. The maximum Gasteiger partial charge on any atom is 0.361 e. The van der Waals surface area contributed by atoms with Crippen LogP contribution in [0, 0.1) is 0 Å². The Morgan fingerprint density at radius 3 is 0.964 bits per heavy atom. The van der Waals surface area contributed by atoms with Gasteiger partial charge in [0.1, 0.15) is 13.2 Å². The minimum absolute atomic E-state index is 0.153. The summed E-state index contributed by atoms with van der Waals surface area (Å²) in [5, 5.41) is 9.70. The summed E-state index contributed by atoms with van der Waals surface area (Å²) in [4.78, 5) is 37.4. The van der Waals surface area contributed by atoms with E-state index in [1.54, 1.807) is 0 Å². The van der Waals surface area contributed by atoms with E-state index >= 15 is 0 Å². The molecule has 9 heteroatoms. The SMILES string of the molecule is CC/C=C\C/C=C\C/C=C\C/C=C\C/C=C\C/C=C\C/C=C\C/C=C\C/C=C\C/C=C\C/C=C\C/C=C\CCCCC(=O)OC(COC(=O)CC/C=C\C/C=C\C/C=C\C/C=C\C/C=C\C/C=C\CC)COC(OCC[N+](C)(C)C)C(=O)O. The summed E-state index contributed by atoms with van der Waals surface area (Å²) in [5.74, 6) is -2.21. The molecule has 0 amide bonds. The smallest absolute Gasteiger partial charge is 0.361 e. The fraction of sp³-hybridized carbons (Fsp3) is 0.473. The lowest BCUT2D eigenvalue weighted by Gasteiger charge is -2.25. The van der Waals surface area contributed by atoms with Gasteiger partial charge in [0.2, 0.25) is 0 Å². The highest BCUT2D eigenvalue weighted by atomic mass is 16.7. The normalized spacial score (nSPS) is 14.3. The van der Waals surface area contributed by atoms with Gasteiger partial charge in [-0.25, -0.2) is 4.79 Å². The zero-order valence-electron chi connectivity index (χ0n) is 52.0. The molecule has 0 rings (SSSR count). The van der Waals surface area contributed by atoms with Crippen LogP contribution in [0.4, 0.5) is 0 Å². The number of nitrogens with zero attached hydrogens (tertiary/aromatic N) is 1. The Labute approximate surface area is 505 Å². The van der Waals surface area contributed by atoms with E-state index in [1.807, 2.05) is 33.3 Å². The molecule has 2 atom stereocenters. The van der Waals surface area contributed by atoms with Gasteiger partial charge in [-0.05, 0) is 141 Å². The quantitative estimate of drug-likeness (QED) is 0.0211. The number of carbonyl (C=O) groups excluding carboxylic acids is 2. The van der Waals surface area contributed by atoms with Crippen LogP contribution in [-0.2, 0) is 33.3 Å². The number of quaternary nitrogens is 1. The second-order valence-electron chi connectivity index (χ2n) is 20.5. The van der Waals surface area contributed by atoms with Crippen LogP contribution >= 0.6 is 0 Å². The molecule has 0 bridgehead atoms. The standard InChI is InChI=1S/C74H109NO8/c1-6-8-10-12-14-16-18-20-22-24-26-27-28-29-30-31-32-33-34-35-36-37-38-39-40-41-42-43-44-45-47-49-51-53-55-57-59-61-63-65-72(77)83-70(69-82-74(73(78)79)80-67-66-75(3,4)5)68-81-71(76)64-62-60-58-56-54-52-50-48-46-25-23-21-19-17-15-13-11-9-7-2/h8-11,14-17,20-23,26-27,29-30,32-33,35-36,38-39,41-42,44-46,48-49,51-52,54-55,57-58,60,70,74H,6-7,12-13,18-19,24-25,28,31,34,37,40,43,47,50,53,56,59,61-69H2,1-5H3/p+1/b10-8-,11-9-,16-14-,17-15-,22-20-,23-21-,27-26-,30-29-,33-32-,36-35-,39-38-,42-41-,45-44-,48-46-,51-49-,54-52-,57-55-,60-58-. The number of likely N-dealkylation sites (N-methyl/N-ethyl adjacent to an activating group) is 1. The van der Waals surface area contributed by atoms with Crippen LogP contribution in [0.2, 0.25) is 0 Å².